The van der Waals surface area contributed by atoms with Crippen LogP contribution in [0.2, 0.25) is 0 Å². The minimum atomic E-state index is -1.09. The molecule has 2 rings (SSSR count). The molecule has 0 aliphatic carbocycles. The highest BCUT2D eigenvalue weighted by atomic mass is 16.4. The van der Waals surface area contributed by atoms with Gasteiger partial charge in [0.25, 0.3) is 0 Å². The number of nitrogens with zero attached hydrogens (tertiary/aromatic N) is 3. The van der Waals surface area contributed by atoms with Crippen LogP contribution in [0, 0.1) is 5.92 Å². The fraction of sp³-hybridized carbons (Fsp3) is 0.643. The minimum absolute atomic E-state index is 0.129. The van der Waals surface area contributed by atoms with Gasteiger partial charge in [-0.15, -0.1) is 0 Å². The predicted octanol–water partition coefficient (Wildman–Crippen LogP) is 1.38. The summed E-state index contributed by atoms with van der Waals surface area (Å²) in [5.74, 6) is -0.650. The van der Waals surface area contributed by atoms with E-state index < -0.39 is 12.0 Å². The summed E-state index contributed by atoms with van der Waals surface area (Å²) in [6.07, 6.45) is 5.10. The van der Waals surface area contributed by atoms with Crippen molar-refractivity contribution in [2.75, 3.05) is 6.54 Å². The lowest BCUT2D eigenvalue weighted by molar-refractivity contribution is -0.139. The van der Waals surface area contributed by atoms with Crippen molar-refractivity contribution in [3.05, 3.63) is 18.0 Å². The van der Waals surface area contributed by atoms with Gasteiger partial charge in [0.1, 0.15) is 0 Å². The van der Waals surface area contributed by atoms with Gasteiger partial charge in [-0.25, -0.2) is 9.59 Å². The van der Waals surface area contributed by atoms with Crippen LogP contribution in [-0.4, -0.2) is 44.4 Å². The first kappa shape index (κ1) is 15.3. The van der Waals surface area contributed by atoms with E-state index in [1.165, 1.54) is 10.9 Å². The van der Waals surface area contributed by atoms with Gasteiger partial charge in [0.15, 0.2) is 6.04 Å². The van der Waals surface area contributed by atoms with Crippen molar-refractivity contribution in [3.63, 3.8) is 0 Å². The number of carboxylic acid groups (broad SMARTS) is 1. The summed E-state index contributed by atoms with van der Waals surface area (Å²) in [6, 6.07) is -1.27. The first-order chi connectivity index (χ1) is 9.88. The van der Waals surface area contributed by atoms with E-state index in [0.717, 1.165) is 12.8 Å². The van der Waals surface area contributed by atoms with E-state index in [1.54, 1.807) is 18.1 Å². The molecule has 21 heavy (non-hydrogen) atoms. The Bertz CT molecular complexity index is 528. The van der Waals surface area contributed by atoms with Crippen LogP contribution in [-0.2, 0) is 11.8 Å². The number of urea groups is 1. The Balaban J connectivity index is 2.09. The molecule has 3 unspecified atom stereocenters. The molecule has 2 heterocycles. The van der Waals surface area contributed by atoms with E-state index >= 15 is 0 Å². The van der Waals surface area contributed by atoms with E-state index in [9.17, 15) is 14.7 Å². The Morgan fingerprint density at radius 1 is 1.43 bits per heavy atom. The molecule has 2 amide bonds. The number of likely N-dealkylation sites (tertiary alicyclic amines) is 1. The molecule has 1 aromatic heterocycles. The van der Waals surface area contributed by atoms with Crippen LogP contribution in [0.25, 0.3) is 0 Å². The fourth-order valence-corrected chi connectivity index (χ4v) is 2.65. The normalized spacial score (nSPS) is 23.7. The van der Waals surface area contributed by atoms with Crippen molar-refractivity contribution < 1.29 is 14.7 Å². The smallest absolute Gasteiger partial charge is 0.331 e. The summed E-state index contributed by atoms with van der Waals surface area (Å²) in [5, 5.41) is 15.9. The number of hydrogen-bond acceptors (Lipinski definition) is 3. The van der Waals surface area contributed by atoms with Crippen LogP contribution in [0.15, 0.2) is 12.4 Å². The van der Waals surface area contributed by atoms with E-state index in [2.05, 4.69) is 17.3 Å². The molecule has 1 aromatic rings. The third-order valence-corrected chi connectivity index (χ3v) is 3.95. The lowest BCUT2D eigenvalue weighted by Gasteiger charge is -2.37. The summed E-state index contributed by atoms with van der Waals surface area (Å²) in [6.45, 7) is 4.75. The number of piperidine rings is 1. The monoisotopic (exact) mass is 294 g/mol. The van der Waals surface area contributed by atoms with Gasteiger partial charge < -0.3 is 15.3 Å². The molecule has 7 heteroatoms. The minimum Gasteiger partial charge on any atom is -0.479 e. The number of amides is 2. The Morgan fingerprint density at radius 3 is 2.71 bits per heavy atom. The maximum atomic E-state index is 12.4. The summed E-state index contributed by atoms with van der Waals surface area (Å²) in [5.41, 5.74) is 0.469. The molecule has 1 aliphatic heterocycles. The molecule has 1 aliphatic rings. The van der Waals surface area contributed by atoms with E-state index in [4.69, 9.17) is 0 Å². The maximum Gasteiger partial charge on any atom is 0.331 e. The van der Waals surface area contributed by atoms with Crippen LogP contribution in [0.1, 0.15) is 38.3 Å². The summed E-state index contributed by atoms with van der Waals surface area (Å²) in [7, 11) is 1.71. The van der Waals surface area contributed by atoms with Crippen molar-refractivity contribution in [2.24, 2.45) is 13.0 Å². The van der Waals surface area contributed by atoms with Crippen molar-refractivity contribution in [1.82, 2.24) is 20.0 Å². The predicted molar refractivity (Wildman–Crippen MR) is 76.7 cm³/mol. The third kappa shape index (κ3) is 3.53. The number of aryl methyl sites for hydroxylation is 1. The molecule has 2 N–H and O–H groups in total. The number of carbonyl (C=O) groups is 2. The standard InChI is InChI=1S/C14H22N4O3/c1-9-4-5-10(2)18(7-9)14(21)16-12(13(19)20)11-6-15-17(3)8-11/h6,8-10,12H,4-5,7H2,1-3H3,(H,16,21)(H,19,20). The van der Waals surface area contributed by atoms with Crippen molar-refractivity contribution in [1.29, 1.82) is 0 Å². The first-order valence-electron chi connectivity index (χ1n) is 7.17. The average molecular weight is 294 g/mol. The number of rotatable bonds is 3. The molecule has 1 saturated heterocycles. The summed E-state index contributed by atoms with van der Waals surface area (Å²) >= 11 is 0. The molecule has 1 fully saturated rings. The molecule has 0 saturated carbocycles. The molecule has 0 spiro atoms. The highest BCUT2D eigenvalue weighted by Gasteiger charge is 2.30. The second-order valence-electron chi connectivity index (χ2n) is 5.85. The van der Waals surface area contributed by atoms with Gasteiger partial charge in [0.05, 0.1) is 6.20 Å². The topological polar surface area (TPSA) is 87.5 Å². The van der Waals surface area contributed by atoms with Crippen molar-refractivity contribution in [3.8, 4) is 0 Å². The van der Waals surface area contributed by atoms with Gasteiger partial charge in [-0.3, -0.25) is 4.68 Å². The summed E-state index contributed by atoms with van der Waals surface area (Å²) < 4.78 is 1.52. The number of nitrogens with one attached hydrogen (secondary N) is 1. The zero-order chi connectivity index (χ0) is 15.6. The number of aliphatic carboxylic acids is 1. The average Bonchev–Trinajstić information content (AvgIpc) is 2.84. The third-order valence-electron chi connectivity index (χ3n) is 3.95. The molecule has 7 nitrogen and oxygen atoms in total. The van der Waals surface area contributed by atoms with Crippen LogP contribution in [0.4, 0.5) is 4.79 Å². The van der Waals surface area contributed by atoms with Crippen LogP contribution >= 0.6 is 0 Å². The lowest BCUT2D eigenvalue weighted by Crippen LogP contribution is -2.51. The van der Waals surface area contributed by atoms with Gasteiger partial charge in [-0.1, -0.05) is 6.92 Å². The largest absolute Gasteiger partial charge is 0.479 e. The van der Waals surface area contributed by atoms with Crippen molar-refractivity contribution in [2.45, 2.75) is 38.8 Å². The maximum absolute atomic E-state index is 12.4. The van der Waals surface area contributed by atoms with E-state index in [-0.39, 0.29) is 12.1 Å². The number of carbonyl (C=O) groups excluding carboxylic acids is 1. The molecule has 0 bridgehead atoms. The first-order valence-corrected chi connectivity index (χ1v) is 7.17. The zero-order valence-corrected chi connectivity index (χ0v) is 12.6. The Kier molecular flexibility index (Phi) is 4.50. The Hall–Kier alpha value is -2.05. The lowest BCUT2D eigenvalue weighted by atomic mass is 9.95. The summed E-state index contributed by atoms with van der Waals surface area (Å²) in [4.78, 5) is 25.5. The quantitative estimate of drug-likeness (QED) is 0.881. The van der Waals surface area contributed by atoms with Gasteiger partial charge in [0, 0.05) is 31.4 Å². The molecule has 0 aromatic carbocycles. The van der Waals surface area contributed by atoms with Gasteiger partial charge in [-0.05, 0) is 25.7 Å². The zero-order valence-electron chi connectivity index (χ0n) is 12.6. The molecular weight excluding hydrogens is 272 g/mol. The number of aromatic nitrogens is 2. The van der Waals surface area contributed by atoms with Crippen LogP contribution in [0.5, 0.6) is 0 Å². The fourth-order valence-electron chi connectivity index (χ4n) is 2.65. The van der Waals surface area contributed by atoms with Crippen LogP contribution in [0.3, 0.4) is 0 Å². The highest BCUT2D eigenvalue weighted by molar-refractivity contribution is 5.83. The second kappa shape index (κ2) is 6.15. The molecular formula is C14H22N4O3. The Labute approximate surface area is 123 Å². The van der Waals surface area contributed by atoms with Gasteiger partial charge >= 0.3 is 12.0 Å². The number of hydrogen-bond donors (Lipinski definition) is 2. The SMILES string of the molecule is CC1CCC(C)N(C(=O)NC(C(=O)O)c2cnn(C)c2)C1. The van der Waals surface area contributed by atoms with Gasteiger partial charge in [0.2, 0.25) is 0 Å². The highest BCUT2D eigenvalue weighted by Crippen LogP contribution is 2.22. The Morgan fingerprint density at radius 2 is 2.14 bits per heavy atom. The number of carboxylic acids is 1. The van der Waals surface area contributed by atoms with E-state index in [0.29, 0.717) is 18.0 Å². The molecule has 116 valence electrons. The van der Waals surface area contributed by atoms with Crippen molar-refractivity contribution >= 4 is 12.0 Å². The molecule has 0 radical (unpaired) electrons. The second-order valence-corrected chi connectivity index (χ2v) is 5.85. The van der Waals surface area contributed by atoms with E-state index in [1.807, 2.05) is 6.92 Å². The van der Waals surface area contributed by atoms with Crippen LogP contribution < -0.4 is 5.32 Å². The molecule has 3 atom stereocenters. The van der Waals surface area contributed by atoms with Gasteiger partial charge in [-0.2, -0.15) is 5.10 Å².